The molecule has 16 heavy (non-hydrogen) atoms. The lowest BCUT2D eigenvalue weighted by atomic mass is 10.1. The van der Waals surface area contributed by atoms with Crippen molar-refractivity contribution in [3.8, 4) is 0 Å². The van der Waals surface area contributed by atoms with E-state index < -0.39 is 24.6 Å². The van der Waals surface area contributed by atoms with Crippen LogP contribution in [-0.2, 0) is 4.79 Å². The molecule has 0 radical (unpaired) electrons. The van der Waals surface area contributed by atoms with Crippen LogP contribution in [0, 0.1) is 5.92 Å². The maximum absolute atomic E-state index is 12.3. The first-order chi connectivity index (χ1) is 7.32. The molecule has 1 atom stereocenters. The lowest BCUT2D eigenvalue weighted by Crippen LogP contribution is -2.41. The average Bonchev–Trinajstić information content (AvgIpc) is 2.15. The third-order valence-electron chi connectivity index (χ3n) is 2.21. The van der Waals surface area contributed by atoms with Crippen molar-refractivity contribution >= 4 is 5.97 Å². The third kappa shape index (κ3) is 5.32. The number of aliphatic hydroxyl groups is 1. The summed E-state index contributed by atoms with van der Waals surface area (Å²) in [5, 5.41) is 17.0. The second-order valence-corrected chi connectivity index (χ2v) is 3.40. The summed E-state index contributed by atoms with van der Waals surface area (Å²) in [5.74, 6) is -4.24. The first kappa shape index (κ1) is 15.2. The first-order valence-electron chi connectivity index (χ1n) is 4.95. The number of aliphatic hydroxyl groups excluding tert-OH is 1. The molecule has 2 N–H and O–H groups in total. The van der Waals surface area contributed by atoms with Crippen LogP contribution >= 0.6 is 0 Å². The van der Waals surface area contributed by atoms with Gasteiger partial charge in [0.25, 0.3) is 0 Å². The molecule has 1 unspecified atom stereocenters. The lowest BCUT2D eigenvalue weighted by molar-refractivity contribution is -0.196. The maximum Gasteiger partial charge on any atom is 0.403 e. The number of halogens is 3. The van der Waals surface area contributed by atoms with E-state index in [1.807, 2.05) is 0 Å². The van der Waals surface area contributed by atoms with Crippen LogP contribution in [0.4, 0.5) is 13.2 Å². The predicted octanol–water partition coefficient (Wildman–Crippen LogP) is 0.954. The van der Waals surface area contributed by atoms with Crippen LogP contribution in [0.25, 0.3) is 0 Å². The Morgan fingerprint density at radius 1 is 1.44 bits per heavy atom. The van der Waals surface area contributed by atoms with Crippen LogP contribution in [0.3, 0.4) is 0 Å². The van der Waals surface area contributed by atoms with Crippen LogP contribution in [-0.4, -0.2) is 53.5 Å². The van der Waals surface area contributed by atoms with Crippen molar-refractivity contribution in [2.45, 2.75) is 19.5 Å². The van der Waals surface area contributed by atoms with Crippen molar-refractivity contribution in [3.63, 3.8) is 0 Å². The maximum atomic E-state index is 12.3. The lowest BCUT2D eigenvalue weighted by Gasteiger charge is -2.25. The molecule has 0 aromatic carbocycles. The predicted molar refractivity (Wildman–Crippen MR) is 51.0 cm³/mol. The van der Waals surface area contributed by atoms with Gasteiger partial charge in [-0.2, -0.15) is 13.2 Å². The van der Waals surface area contributed by atoms with Gasteiger partial charge in [-0.05, 0) is 13.0 Å². The van der Waals surface area contributed by atoms with Gasteiger partial charge in [0.1, 0.15) is 0 Å². The molecule has 0 aliphatic carbocycles. The number of hydrogen-bond donors (Lipinski definition) is 2. The Hall–Kier alpha value is -0.820. The van der Waals surface area contributed by atoms with Gasteiger partial charge in [-0.3, -0.25) is 4.79 Å². The van der Waals surface area contributed by atoms with Crippen molar-refractivity contribution < 1.29 is 28.2 Å². The van der Waals surface area contributed by atoms with E-state index >= 15 is 0 Å². The SMILES string of the molecule is CCN(CCCO)CC(C(=O)O)C(F)(F)F. The Balaban J connectivity index is 4.42. The summed E-state index contributed by atoms with van der Waals surface area (Å²) >= 11 is 0. The average molecular weight is 243 g/mol. The topological polar surface area (TPSA) is 60.8 Å². The highest BCUT2D eigenvalue weighted by Crippen LogP contribution is 2.27. The van der Waals surface area contributed by atoms with E-state index in [0.717, 1.165) is 0 Å². The van der Waals surface area contributed by atoms with Gasteiger partial charge in [0, 0.05) is 19.7 Å². The fourth-order valence-corrected chi connectivity index (χ4v) is 1.25. The molecule has 96 valence electrons. The van der Waals surface area contributed by atoms with Crippen molar-refractivity contribution in [2.75, 3.05) is 26.2 Å². The smallest absolute Gasteiger partial charge is 0.403 e. The Morgan fingerprint density at radius 2 is 2.00 bits per heavy atom. The van der Waals surface area contributed by atoms with Crippen molar-refractivity contribution in [3.05, 3.63) is 0 Å². The Morgan fingerprint density at radius 3 is 2.31 bits per heavy atom. The zero-order valence-corrected chi connectivity index (χ0v) is 9.00. The van der Waals surface area contributed by atoms with Gasteiger partial charge in [-0.1, -0.05) is 6.92 Å². The summed E-state index contributed by atoms with van der Waals surface area (Å²) < 4.78 is 37.0. The molecule has 0 bridgehead atoms. The fraction of sp³-hybridized carbons (Fsp3) is 0.889. The van der Waals surface area contributed by atoms with Crippen molar-refractivity contribution in [2.24, 2.45) is 5.92 Å². The van der Waals surface area contributed by atoms with Gasteiger partial charge >= 0.3 is 12.1 Å². The van der Waals surface area contributed by atoms with E-state index in [9.17, 15) is 18.0 Å². The number of nitrogens with zero attached hydrogens (tertiary/aromatic N) is 1. The highest BCUT2D eigenvalue weighted by Gasteiger charge is 2.45. The monoisotopic (exact) mass is 243 g/mol. The largest absolute Gasteiger partial charge is 0.481 e. The van der Waals surface area contributed by atoms with E-state index in [1.54, 1.807) is 6.92 Å². The molecule has 0 spiro atoms. The number of hydrogen-bond acceptors (Lipinski definition) is 3. The van der Waals surface area contributed by atoms with Gasteiger partial charge in [-0.15, -0.1) is 0 Å². The molecule has 0 aliphatic heterocycles. The molecule has 0 saturated heterocycles. The summed E-state index contributed by atoms with van der Waals surface area (Å²) in [6.07, 6.45) is -4.41. The van der Waals surface area contributed by atoms with Crippen molar-refractivity contribution in [1.29, 1.82) is 0 Å². The van der Waals surface area contributed by atoms with E-state index in [0.29, 0.717) is 13.0 Å². The standard InChI is InChI=1S/C9H16F3NO3/c1-2-13(4-3-5-14)6-7(8(15)16)9(10,11)12/h7,14H,2-6H2,1H3,(H,15,16). The number of aliphatic carboxylic acids is 1. The number of carbonyl (C=O) groups is 1. The number of alkyl halides is 3. The molecule has 0 aromatic heterocycles. The van der Waals surface area contributed by atoms with E-state index in [1.165, 1.54) is 4.90 Å². The molecule has 0 aliphatic rings. The molecule has 0 heterocycles. The van der Waals surface area contributed by atoms with E-state index in [-0.39, 0.29) is 13.2 Å². The summed E-state index contributed by atoms with van der Waals surface area (Å²) in [6, 6.07) is 0. The molecule has 0 saturated carbocycles. The zero-order valence-electron chi connectivity index (χ0n) is 9.00. The molecular formula is C9H16F3NO3. The minimum atomic E-state index is -4.74. The Bertz CT molecular complexity index is 221. The summed E-state index contributed by atoms with van der Waals surface area (Å²) in [7, 11) is 0. The second-order valence-electron chi connectivity index (χ2n) is 3.40. The summed E-state index contributed by atoms with van der Waals surface area (Å²) in [6.45, 7) is 1.52. The van der Waals surface area contributed by atoms with Crippen LogP contribution in [0.1, 0.15) is 13.3 Å². The third-order valence-corrected chi connectivity index (χ3v) is 2.21. The van der Waals surface area contributed by atoms with Gasteiger partial charge < -0.3 is 15.1 Å². The van der Waals surface area contributed by atoms with Gasteiger partial charge in [0.05, 0.1) is 0 Å². The number of carboxylic acid groups (broad SMARTS) is 1. The molecular weight excluding hydrogens is 227 g/mol. The Kier molecular flexibility index (Phi) is 6.35. The van der Waals surface area contributed by atoms with Crippen LogP contribution in [0.15, 0.2) is 0 Å². The summed E-state index contributed by atoms with van der Waals surface area (Å²) in [4.78, 5) is 11.8. The van der Waals surface area contributed by atoms with Gasteiger partial charge in [0.2, 0.25) is 0 Å². The summed E-state index contributed by atoms with van der Waals surface area (Å²) in [5.41, 5.74) is 0. The minimum Gasteiger partial charge on any atom is -0.481 e. The number of carboxylic acids is 1. The van der Waals surface area contributed by atoms with E-state index in [4.69, 9.17) is 10.2 Å². The Labute approximate surface area is 91.7 Å². The van der Waals surface area contributed by atoms with Crippen LogP contribution in [0.5, 0.6) is 0 Å². The van der Waals surface area contributed by atoms with Crippen LogP contribution in [0.2, 0.25) is 0 Å². The molecule has 4 nitrogen and oxygen atoms in total. The highest BCUT2D eigenvalue weighted by atomic mass is 19.4. The quantitative estimate of drug-likeness (QED) is 0.699. The van der Waals surface area contributed by atoms with Gasteiger partial charge in [0.15, 0.2) is 5.92 Å². The molecule has 0 amide bonds. The second kappa shape index (κ2) is 6.70. The van der Waals surface area contributed by atoms with E-state index in [2.05, 4.69) is 0 Å². The minimum absolute atomic E-state index is 0.125. The number of rotatable bonds is 7. The van der Waals surface area contributed by atoms with Gasteiger partial charge in [-0.25, -0.2) is 0 Å². The first-order valence-corrected chi connectivity index (χ1v) is 4.95. The molecule has 7 heteroatoms. The molecule has 0 rings (SSSR count). The fourth-order valence-electron chi connectivity index (χ4n) is 1.25. The molecule has 0 aromatic rings. The molecule has 0 fully saturated rings. The zero-order chi connectivity index (χ0) is 12.8. The normalized spacial score (nSPS) is 14.1. The van der Waals surface area contributed by atoms with Crippen molar-refractivity contribution in [1.82, 2.24) is 4.90 Å². The highest BCUT2D eigenvalue weighted by molar-refractivity contribution is 5.71. The van der Waals surface area contributed by atoms with Crippen LogP contribution < -0.4 is 0 Å².